The van der Waals surface area contributed by atoms with Gasteiger partial charge in [-0.05, 0) is 32.0 Å². The molecule has 0 amide bonds. The van der Waals surface area contributed by atoms with Gasteiger partial charge in [0.15, 0.2) is 0 Å². The maximum Gasteiger partial charge on any atom is 0.146 e. The van der Waals surface area contributed by atoms with Gasteiger partial charge in [0.2, 0.25) is 0 Å². The number of aliphatic hydroxyl groups is 1. The van der Waals surface area contributed by atoms with Gasteiger partial charge in [-0.3, -0.25) is 4.98 Å². The first-order valence-electron chi connectivity index (χ1n) is 6.71. The number of benzene rings is 1. The van der Waals surface area contributed by atoms with E-state index in [0.29, 0.717) is 24.3 Å². The van der Waals surface area contributed by atoms with Gasteiger partial charge in [0, 0.05) is 17.8 Å². The molecule has 0 atom stereocenters. The highest BCUT2D eigenvalue weighted by molar-refractivity contribution is 5.54. The van der Waals surface area contributed by atoms with E-state index in [2.05, 4.69) is 4.98 Å². The SMILES string of the molecule is CCN(Cc1cccc(C)n1)c1c(F)cccc1CO. The maximum absolute atomic E-state index is 14.1. The largest absolute Gasteiger partial charge is 0.392 e. The van der Waals surface area contributed by atoms with Crippen molar-refractivity contribution in [3.63, 3.8) is 0 Å². The van der Waals surface area contributed by atoms with Crippen molar-refractivity contribution in [1.82, 2.24) is 4.98 Å². The average molecular weight is 274 g/mol. The van der Waals surface area contributed by atoms with Gasteiger partial charge in [0.25, 0.3) is 0 Å². The third-order valence-corrected chi connectivity index (χ3v) is 3.24. The Hall–Kier alpha value is -1.94. The van der Waals surface area contributed by atoms with Crippen molar-refractivity contribution in [2.24, 2.45) is 0 Å². The zero-order chi connectivity index (χ0) is 14.5. The van der Waals surface area contributed by atoms with E-state index in [-0.39, 0.29) is 12.4 Å². The molecule has 1 N–H and O–H groups in total. The molecule has 2 rings (SSSR count). The highest BCUT2D eigenvalue weighted by Gasteiger charge is 2.15. The molecule has 1 aromatic heterocycles. The van der Waals surface area contributed by atoms with Gasteiger partial charge in [-0.15, -0.1) is 0 Å². The minimum absolute atomic E-state index is 0.176. The summed E-state index contributed by atoms with van der Waals surface area (Å²) < 4.78 is 14.1. The topological polar surface area (TPSA) is 36.4 Å². The first kappa shape index (κ1) is 14.5. The van der Waals surface area contributed by atoms with Gasteiger partial charge in [-0.25, -0.2) is 4.39 Å². The molecule has 0 aliphatic heterocycles. The summed E-state index contributed by atoms with van der Waals surface area (Å²) in [6.07, 6.45) is 0. The van der Waals surface area contributed by atoms with Gasteiger partial charge in [-0.2, -0.15) is 0 Å². The molecule has 3 nitrogen and oxygen atoms in total. The predicted molar refractivity (Wildman–Crippen MR) is 78.0 cm³/mol. The van der Waals surface area contributed by atoms with Gasteiger partial charge in [-0.1, -0.05) is 18.2 Å². The van der Waals surface area contributed by atoms with Crippen LogP contribution in [0, 0.1) is 12.7 Å². The molecule has 0 unspecified atom stereocenters. The molecule has 0 aliphatic carbocycles. The van der Waals surface area contributed by atoms with Crippen molar-refractivity contribution >= 4 is 5.69 Å². The molecule has 0 saturated carbocycles. The van der Waals surface area contributed by atoms with Crippen LogP contribution in [0.3, 0.4) is 0 Å². The molecule has 0 saturated heterocycles. The van der Waals surface area contributed by atoms with Crippen LogP contribution < -0.4 is 4.90 Å². The number of anilines is 1. The minimum Gasteiger partial charge on any atom is -0.392 e. The summed E-state index contributed by atoms with van der Waals surface area (Å²) in [5, 5.41) is 9.39. The number of para-hydroxylation sites is 1. The fraction of sp³-hybridized carbons (Fsp3) is 0.312. The number of hydrogen-bond donors (Lipinski definition) is 1. The van der Waals surface area contributed by atoms with Crippen LogP contribution in [-0.2, 0) is 13.2 Å². The van der Waals surface area contributed by atoms with E-state index in [1.165, 1.54) is 6.07 Å². The number of aryl methyl sites for hydroxylation is 1. The van der Waals surface area contributed by atoms with Gasteiger partial charge < -0.3 is 10.0 Å². The summed E-state index contributed by atoms with van der Waals surface area (Å²) in [6, 6.07) is 10.6. The van der Waals surface area contributed by atoms with Crippen LogP contribution in [0.15, 0.2) is 36.4 Å². The Morgan fingerprint density at radius 2 is 1.95 bits per heavy atom. The fourth-order valence-corrected chi connectivity index (χ4v) is 2.27. The molecule has 106 valence electrons. The zero-order valence-electron chi connectivity index (χ0n) is 11.8. The van der Waals surface area contributed by atoms with Crippen molar-refractivity contribution in [3.05, 3.63) is 59.2 Å². The molecule has 0 bridgehead atoms. The highest BCUT2D eigenvalue weighted by Crippen LogP contribution is 2.25. The number of rotatable bonds is 5. The average Bonchev–Trinajstić information content (AvgIpc) is 2.45. The van der Waals surface area contributed by atoms with Crippen molar-refractivity contribution in [2.75, 3.05) is 11.4 Å². The molecule has 2 aromatic rings. The lowest BCUT2D eigenvalue weighted by molar-refractivity contribution is 0.281. The number of pyridine rings is 1. The number of nitrogens with zero attached hydrogens (tertiary/aromatic N) is 2. The lowest BCUT2D eigenvalue weighted by Gasteiger charge is -2.25. The summed E-state index contributed by atoms with van der Waals surface area (Å²) in [7, 11) is 0. The van der Waals surface area contributed by atoms with Crippen LogP contribution in [0.4, 0.5) is 10.1 Å². The zero-order valence-corrected chi connectivity index (χ0v) is 11.8. The van der Waals surface area contributed by atoms with Gasteiger partial charge in [0.05, 0.1) is 24.5 Å². The Kier molecular flexibility index (Phi) is 4.69. The molecular formula is C16H19FN2O. The monoisotopic (exact) mass is 274 g/mol. The first-order chi connectivity index (χ1) is 9.65. The van der Waals surface area contributed by atoms with Crippen LogP contribution in [0.5, 0.6) is 0 Å². The van der Waals surface area contributed by atoms with Gasteiger partial charge in [0.1, 0.15) is 5.82 Å². The Morgan fingerprint density at radius 3 is 2.60 bits per heavy atom. The van der Waals surface area contributed by atoms with Crippen LogP contribution in [0.2, 0.25) is 0 Å². The minimum atomic E-state index is -0.314. The summed E-state index contributed by atoms with van der Waals surface area (Å²) in [5.41, 5.74) is 2.88. The standard InChI is InChI=1S/C16H19FN2O/c1-3-19(10-14-8-4-6-12(2)18-14)16-13(11-20)7-5-9-15(16)17/h4-9,20H,3,10-11H2,1-2H3. The molecule has 0 aliphatic rings. The van der Waals surface area contributed by atoms with E-state index in [4.69, 9.17) is 0 Å². The number of aliphatic hydroxyl groups excluding tert-OH is 1. The van der Waals surface area contributed by atoms with E-state index in [1.54, 1.807) is 12.1 Å². The Bertz CT molecular complexity index is 586. The molecule has 1 heterocycles. The van der Waals surface area contributed by atoms with Gasteiger partial charge >= 0.3 is 0 Å². The summed E-state index contributed by atoms with van der Waals surface area (Å²) in [5.74, 6) is -0.314. The second-order valence-electron chi connectivity index (χ2n) is 4.69. The molecular weight excluding hydrogens is 255 g/mol. The molecule has 1 aromatic carbocycles. The summed E-state index contributed by atoms with van der Waals surface area (Å²) in [4.78, 5) is 6.34. The lowest BCUT2D eigenvalue weighted by Crippen LogP contribution is -2.25. The van der Waals surface area contributed by atoms with Crippen LogP contribution >= 0.6 is 0 Å². The Balaban J connectivity index is 2.33. The van der Waals surface area contributed by atoms with Crippen molar-refractivity contribution in [2.45, 2.75) is 27.0 Å². The normalized spacial score (nSPS) is 10.6. The van der Waals surface area contributed by atoms with E-state index < -0.39 is 0 Å². The number of aromatic nitrogens is 1. The molecule has 0 fully saturated rings. The summed E-state index contributed by atoms with van der Waals surface area (Å²) >= 11 is 0. The van der Waals surface area contributed by atoms with Crippen LogP contribution in [0.1, 0.15) is 23.9 Å². The summed E-state index contributed by atoms with van der Waals surface area (Å²) in [6.45, 7) is 4.88. The van der Waals surface area contributed by atoms with E-state index in [1.807, 2.05) is 36.9 Å². The second-order valence-corrected chi connectivity index (χ2v) is 4.69. The van der Waals surface area contributed by atoms with Crippen molar-refractivity contribution in [1.29, 1.82) is 0 Å². The van der Waals surface area contributed by atoms with Crippen LogP contribution in [-0.4, -0.2) is 16.6 Å². The molecule has 4 heteroatoms. The third kappa shape index (κ3) is 3.14. The van der Waals surface area contributed by atoms with E-state index >= 15 is 0 Å². The quantitative estimate of drug-likeness (QED) is 0.910. The van der Waals surface area contributed by atoms with E-state index in [9.17, 15) is 9.50 Å². The van der Waals surface area contributed by atoms with E-state index in [0.717, 1.165) is 11.4 Å². The highest BCUT2D eigenvalue weighted by atomic mass is 19.1. The first-order valence-corrected chi connectivity index (χ1v) is 6.71. The number of hydrogen-bond acceptors (Lipinski definition) is 3. The molecule has 20 heavy (non-hydrogen) atoms. The second kappa shape index (κ2) is 6.48. The fourth-order valence-electron chi connectivity index (χ4n) is 2.27. The number of halogens is 1. The Labute approximate surface area is 118 Å². The third-order valence-electron chi connectivity index (χ3n) is 3.24. The Morgan fingerprint density at radius 1 is 1.20 bits per heavy atom. The van der Waals surface area contributed by atoms with Crippen LogP contribution in [0.25, 0.3) is 0 Å². The predicted octanol–water partition coefficient (Wildman–Crippen LogP) is 3.05. The maximum atomic E-state index is 14.1. The molecule has 0 radical (unpaired) electrons. The lowest BCUT2D eigenvalue weighted by atomic mass is 10.1. The molecule has 0 spiro atoms. The van der Waals surface area contributed by atoms with Crippen molar-refractivity contribution in [3.8, 4) is 0 Å². The van der Waals surface area contributed by atoms with Crippen molar-refractivity contribution < 1.29 is 9.50 Å². The smallest absolute Gasteiger partial charge is 0.146 e.